The van der Waals surface area contributed by atoms with Gasteiger partial charge in [0.25, 0.3) is 5.91 Å². The Bertz CT molecular complexity index is 787. The van der Waals surface area contributed by atoms with Gasteiger partial charge in [0.15, 0.2) is 5.65 Å². The molecule has 3 rings (SSSR count). The van der Waals surface area contributed by atoms with Crippen LogP contribution in [0.3, 0.4) is 0 Å². The zero-order valence-corrected chi connectivity index (χ0v) is 15.3. The molecule has 0 radical (unpaired) electrons. The third kappa shape index (κ3) is 3.71. The van der Waals surface area contributed by atoms with E-state index in [0.717, 1.165) is 42.0 Å². The summed E-state index contributed by atoms with van der Waals surface area (Å²) in [6.45, 7) is 10.7. The third-order valence-electron chi connectivity index (χ3n) is 4.48. The lowest BCUT2D eigenvalue weighted by Gasteiger charge is -2.29. The SMILES string of the molecule is CC[C@@H](C)NC(=O)c1nc(N2CCOCC2)c2c(C)cc(C)nc2n1. The Morgan fingerprint density at radius 3 is 2.68 bits per heavy atom. The molecule has 0 bridgehead atoms. The largest absolute Gasteiger partial charge is 0.378 e. The van der Waals surface area contributed by atoms with E-state index in [1.54, 1.807) is 0 Å². The molecule has 3 heterocycles. The van der Waals surface area contributed by atoms with E-state index >= 15 is 0 Å². The van der Waals surface area contributed by atoms with Gasteiger partial charge >= 0.3 is 0 Å². The first-order valence-corrected chi connectivity index (χ1v) is 8.79. The van der Waals surface area contributed by atoms with Crippen molar-refractivity contribution in [3.05, 3.63) is 23.1 Å². The number of nitrogens with zero attached hydrogens (tertiary/aromatic N) is 4. The third-order valence-corrected chi connectivity index (χ3v) is 4.48. The fourth-order valence-corrected chi connectivity index (χ4v) is 2.95. The molecule has 1 fully saturated rings. The molecular weight excluding hydrogens is 318 g/mol. The normalized spacial score (nSPS) is 16.1. The van der Waals surface area contributed by atoms with Crippen molar-refractivity contribution in [2.75, 3.05) is 31.2 Å². The van der Waals surface area contributed by atoms with Gasteiger partial charge in [0, 0.05) is 24.8 Å². The number of carbonyl (C=O) groups is 1. The van der Waals surface area contributed by atoms with Crippen LogP contribution in [0.5, 0.6) is 0 Å². The van der Waals surface area contributed by atoms with E-state index in [1.165, 1.54) is 0 Å². The van der Waals surface area contributed by atoms with E-state index in [2.05, 4.69) is 25.2 Å². The summed E-state index contributed by atoms with van der Waals surface area (Å²) in [6.07, 6.45) is 0.853. The second-order valence-electron chi connectivity index (χ2n) is 6.53. The minimum atomic E-state index is -0.258. The summed E-state index contributed by atoms with van der Waals surface area (Å²) < 4.78 is 5.45. The van der Waals surface area contributed by atoms with Crippen molar-refractivity contribution in [1.82, 2.24) is 20.3 Å². The predicted molar refractivity (Wildman–Crippen MR) is 97.1 cm³/mol. The average molecular weight is 343 g/mol. The average Bonchev–Trinajstić information content (AvgIpc) is 2.60. The second kappa shape index (κ2) is 7.31. The van der Waals surface area contributed by atoms with Crippen LogP contribution in [-0.2, 0) is 4.74 Å². The van der Waals surface area contributed by atoms with Crippen LogP contribution in [0.1, 0.15) is 42.1 Å². The van der Waals surface area contributed by atoms with E-state index < -0.39 is 0 Å². The number of aryl methyl sites for hydroxylation is 2. The van der Waals surface area contributed by atoms with Crippen LogP contribution >= 0.6 is 0 Å². The van der Waals surface area contributed by atoms with Crippen LogP contribution in [0.15, 0.2) is 6.07 Å². The van der Waals surface area contributed by atoms with Crippen molar-refractivity contribution in [1.29, 1.82) is 0 Å². The number of anilines is 1. The van der Waals surface area contributed by atoms with Gasteiger partial charge in [-0.15, -0.1) is 0 Å². The fraction of sp³-hybridized carbons (Fsp3) is 0.556. The van der Waals surface area contributed by atoms with Gasteiger partial charge in [0.05, 0.1) is 18.6 Å². The number of rotatable bonds is 4. The van der Waals surface area contributed by atoms with Crippen molar-refractivity contribution >= 4 is 22.8 Å². The predicted octanol–water partition coefficient (Wildman–Crippen LogP) is 2.01. The molecule has 0 saturated carbocycles. The van der Waals surface area contributed by atoms with E-state index in [1.807, 2.05) is 33.8 Å². The summed E-state index contributed by atoms with van der Waals surface area (Å²) >= 11 is 0. The van der Waals surface area contributed by atoms with Crippen LogP contribution in [0.25, 0.3) is 11.0 Å². The molecule has 1 N–H and O–H groups in total. The van der Waals surface area contributed by atoms with Crippen LogP contribution in [-0.4, -0.2) is 53.2 Å². The topological polar surface area (TPSA) is 80.2 Å². The smallest absolute Gasteiger partial charge is 0.289 e. The van der Waals surface area contributed by atoms with E-state index in [-0.39, 0.29) is 17.8 Å². The molecule has 134 valence electrons. The van der Waals surface area contributed by atoms with Crippen LogP contribution < -0.4 is 10.2 Å². The molecule has 0 spiro atoms. The highest BCUT2D eigenvalue weighted by atomic mass is 16.5. The monoisotopic (exact) mass is 343 g/mol. The van der Waals surface area contributed by atoms with Gasteiger partial charge in [0.1, 0.15) is 5.82 Å². The minimum absolute atomic E-state index is 0.0749. The Labute approximate surface area is 147 Å². The Balaban J connectivity index is 2.11. The number of hydrogen-bond acceptors (Lipinski definition) is 6. The maximum absolute atomic E-state index is 12.6. The number of carbonyl (C=O) groups excluding carboxylic acids is 1. The summed E-state index contributed by atoms with van der Waals surface area (Å²) in [5.74, 6) is 0.686. The summed E-state index contributed by atoms with van der Waals surface area (Å²) in [5.41, 5.74) is 2.52. The van der Waals surface area contributed by atoms with Crippen LogP contribution in [0.4, 0.5) is 5.82 Å². The Hall–Kier alpha value is -2.28. The van der Waals surface area contributed by atoms with Crippen molar-refractivity contribution in [2.24, 2.45) is 0 Å². The molecule has 0 aliphatic carbocycles. The maximum atomic E-state index is 12.6. The first-order valence-electron chi connectivity index (χ1n) is 8.79. The molecule has 1 saturated heterocycles. The highest BCUT2D eigenvalue weighted by Gasteiger charge is 2.22. The number of aromatic nitrogens is 3. The maximum Gasteiger partial charge on any atom is 0.289 e. The number of pyridine rings is 1. The lowest BCUT2D eigenvalue weighted by molar-refractivity contribution is 0.0929. The number of morpholine rings is 1. The number of fused-ring (bicyclic) bond motifs is 1. The quantitative estimate of drug-likeness (QED) is 0.915. The van der Waals surface area contributed by atoms with Gasteiger partial charge in [-0.3, -0.25) is 4.79 Å². The van der Waals surface area contributed by atoms with Crippen molar-refractivity contribution in [3.63, 3.8) is 0 Å². The van der Waals surface area contributed by atoms with E-state index in [9.17, 15) is 4.79 Å². The van der Waals surface area contributed by atoms with Gasteiger partial charge in [-0.2, -0.15) is 0 Å². The summed E-state index contributed by atoms with van der Waals surface area (Å²) in [4.78, 5) is 28.3. The zero-order valence-electron chi connectivity index (χ0n) is 15.3. The molecule has 7 heteroatoms. The molecular formula is C18H25N5O2. The Morgan fingerprint density at radius 2 is 2.00 bits per heavy atom. The highest BCUT2D eigenvalue weighted by molar-refractivity contribution is 5.96. The van der Waals surface area contributed by atoms with E-state index in [4.69, 9.17) is 4.74 Å². The van der Waals surface area contributed by atoms with Crippen molar-refractivity contribution in [3.8, 4) is 0 Å². The molecule has 2 aromatic heterocycles. The first-order chi connectivity index (χ1) is 12.0. The van der Waals surface area contributed by atoms with Gasteiger partial charge in [-0.25, -0.2) is 15.0 Å². The molecule has 2 aromatic rings. The molecule has 1 amide bonds. The number of nitrogens with one attached hydrogen (secondary N) is 1. The second-order valence-corrected chi connectivity index (χ2v) is 6.53. The van der Waals surface area contributed by atoms with Crippen LogP contribution in [0.2, 0.25) is 0 Å². The number of ether oxygens (including phenoxy) is 1. The van der Waals surface area contributed by atoms with Gasteiger partial charge in [0.2, 0.25) is 5.82 Å². The molecule has 1 aliphatic heterocycles. The number of hydrogen-bond donors (Lipinski definition) is 1. The minimum Gasteiger partial charge on any atom is -0.378 e. The van der Waals surface area contributed by atoms with Crippen molar-refractivity contribution in [2.45, 2.75) is 40.2 Å². The standard InChI is InChI=1S/C18H25N5O2/c1-5-12(3)20-18(24)16-21-15-14(11(2)10-13(4)19-15)17(22-16)23-6-8-25-9-7-23/h10,12H,5-9H2,1-4H3,(H,20,24)/t12-/m1/s1. The Morgan fingerprint density at radius 1 is 1.28 bits per heavy atom. The molecule has 0 aromatic carbocycles. The van der Waals surface area contributed by atoms with Crippen molar-refractivity contribution < 1.29 is 9.53 Å². The first kappa shape index (κ1) is 17.5. The molecule has 7 nitrogen and oxygen atoms in total. The molecule has 0 unspecified atom stereocenters. The van der Waals surface area contributed by atoms with Crippen LogP contribution in [0, 0.1) is 13.8 Å². The fourth-order valence-electron chi connectivity index (χ4n) is 2.95. The zero-order chi connectivity index (χ0) is 18.0. The van der Waals surface area contributed by atoms with Gasteiger partial charge in [-0.05, 0) is 38.8 Å². The molecule has 25 heavy (non-hydrogen) atoms. The van der Waals surface area contributed by atoms with Gasteiger partial charge in [-0.1, -0.05) is 6.92 Å². The summed E-state index contributed by atoms with van der Waals surface area (Å²) in [7, 11) is 0. The number of amides is 1. The molecule has 1 aliphatic rings. The lowest BCUT2D eigenvalue weighted by Crippen LogP contribution is -2.38. The molecule has 1 atom stereocenters. The summed E-state index contributed by atoms with van der Waals surface area (Å²) in [6, 6.07) is 2.10. The lowest BCUT2D eigenvalue weighted by atomic mass is 10.1. The highest BCUT2D eigenvalue weighted by Crippen LogP contribution is 2.27. The van der Waals surface area contributed by atoms with Gasteiger partial charge < -0.3 is 15.0 Å². The summed E-state index contributed by atoms with van der Waals surface area (Å²) in [5, 5.41) is 3.84. The Kier molecular flexibility index (Phi) is 5.13. The van der Waals surface area contributed by atoms with E-state index in [0.29, 0.717) is 18.9 Å².